The van der Waals surface area contributed by atoms with Crippen LogP contribution in [0.15, 0.2) is 30.3 Å². The van der Waals surface area contributed by atoms with E-state index >= 15 is 0 Å². The molecule has 0 radical (unpaired) electrons. The zero-order valence-electron chi connectivity index (χ0n) is 8.14. The summed E-state index contributed by atoms with van der Waals surface area (Å²) >= 11 is 1.66. The van der Waals surface area contributed by atoms with E-state index in [0.717, 1.165) is 11.3 Å². The molecule has 1 atom stereocenters. The number of aliphatic carboxylic acids is 1. The second-order valence-corrected chi connectivity index (χ2v) is 4.28. The van der Waals surface area contributed by atoms with Gasteiger partial charge in [-0.05, 0) is 11.3 Å². The number of carbonyl (C=O) groups is 1. The Hall–Kier alpha value is -0.960. The van der Waals surface area contributed by atoms with E-state index in [0.29, 0.717) is 5.75 Å². The zero-order chi connectivity index (χ0) is 10.4. The molecule has 0 aliphatic rings. The van der Waals surface area contributed by atoms with Crippen LogP contribution >= 0.6 is 11.8 Å². The van der Waals surface area contributed by atoms with Gasteiger partial charge in [0.05, 0.1) is 5.92 Å². The predicted molar refractivity (Wildman–Crippen MR) is 59.8 cm³/mol. The van der Waals surface area contributed by atoms with Gasteiger partial charge in [-0.2, -0.15) is 11.8 Å². The molecule has 0 spiro atoms. The van der Waals surface area contributed by atoms with Crippen LogP contribution in [-0.2, 0) is 4.79 Å². The van der Waals surface area contributed by atoms with Gasteiger partial charge in [0.15, 0.2) is 0 Å². The number of hydrogen-bond donors (Lipinski definition) is 1. The van der Waals surface area contributed by atoms with Gasteiger partial charge >= 0.3 is 5.97 Å². The maximum atomic E-state index is 11.0. The van der Waals surface area contributed by atoms with Crippen molar-refractivity contribution in [1.82, 2.24) is 0 Å². The van der Waals surface area contributed by atoms with Crippen LogP contribution in [0.2, 0.25) is 0 Å². The van der Waals surface area contributed by atoms with Gasteiger partial charge in [-0.3, -0.25) is 4.79 Å². The largest absolute Gasteiger partial charge is 0.481 e. The van der Waals surface area contributed by atoms with Crippen molar-refractivity contribution in [3.05, 3.63) is 35.9 Å². The van der Waals surface area contributed by atoms with Crippen molar-refractivity contribution >= 4 is 17.7 Å². The van der Waals surface area contributed by atoms with Gasteiger partial charge in [-0.15, -0.1) is 0 Å². The molecule has 0 aliphatic heterocycles. The quantitative estimate of drug-likeness (QED) is 0.811. The lowest BCUT2D eigenvalue weighted by Crippen LogP contribution is -2.14. The van der Waals surface area contributed by atoms with Crippen molar-refractivity contribution in [2.75, 3.05) is 11.5 Å². The Bertz CT molecular complexity index is 285. The normalized spacial score (nSPS) is 12.4. The first-order valence-corrected chi connectivity index (χ1v) is 5.76. The third kappa shape index (κ3) is 3.07. The third-order valence-electron chi connectivity index (χ3n) is 1.99. The molecule has 1 aromatic carbocycles. The second kappa shape index (κ2) is 5.70. The predicted octanol–water partition coefficient (Wildman–Crippen LogP) is 2.61. The fourth-order valence-corrected chi connectivity index (χ4v) is 2.04. The summed E-state index contributed by atoms with van der Waals surface area (Å²) in [5, 5.41) is 9.04. The molecular weight excluding hydrogens is 196 g/mol. The molecule has 14 heavy (non-hydrogen) atoms. The molecule has 1 rings (SSSR count). The van der Waals surface area contributed by atoms with Crippen LogP contribution in [0, 0.1) is 0 Å². The van der Waals surface area contributed by atoms with E-state index in [2.05, 4.69) is 0 Å². The minimum atomic E-state index is -0.739. The highest BCUT2D eigenvalue weighted by molar-refractivity contribution is 7.99. The highest BCUT2D eigenvalue weighted by Crippen LogP contribution is 2.20. The Morgan fingerprint density at radius 1 is 1.43 bits per heavy atom. The van der Waals surface area contributed by atoms with Crippen molar-refractivity contribution in [2.24, 2.45) is 0 Å². The van der Waals surface area contributed by atoms with Crippen molar-refractivity contribution in [2.45, 2.75) is 12.8 Å². The van der Waals surface area contributed by atoms with Crippen molar-refractivity contribution < 1.29 is 9.90 Å². The van der Waals surface area contributed by atoms with E-state index in [1.54, 1.807) is 11.8 Å². The Morgan fingerprint density at radius 2 is 2.07 bits per heavy atom. The van der Waals surface area contributed by atoms with Crippen LogP contribution in [0.4, 0.5) is 0 Å². The Labute approximate surface area is 88.3 Å². The first-order chi connectivity index (χ1) is 6.75. The molecule has 0 aliphatic carbocycles. The molecule has 0 bridgehead atoms. The van der Waals surface area contributed by atoms with Gasteiger partial charge < -0.3 is 5.11 Å². The highest BCUT2D eigenvalue weighted by Gasteiger charge is 2.18. The molecule has 0 aromatic heterocycles. The van der Waals surface area contributed by atoms with E-state index in [9.17, 15) is 4.79 Å². The Morgan fingerprint density at radius 3 is 2.57 bits per heavy atom. The summed E-state index contributed by atoms with van der Waals surface area (Å²) in [6, 6.07) is 9.39. The standard InChI is InChI=1S/C11H14O2S/c1-2-14-8-10(11(12)13)9-6-4-3-5-7-9/h3-7,10H,2,8H2,1H3,(H,12,13). The average molecular weight is 210 g/mol. The van der Waals surface area contributed by atoms with Gasteiger partial charge in [0.25, 0.3) is 0 Å². The molecule has 0 heterocycles. The summed E-state index contributed by atoms with van der Waals surface area (Å²) in [4.78, 5) is 11.0. The molecule has 76 valence electrons. The molecule has 0 fully saturated rings. The Balaban J connectivity index is 2.73. The summed E-state index contributed by atoms with van der Waals surface area (Å²) in [5.74, 6) is 0.491. The van der Waals surface area contributed by atoms with E-state index < -0.39 is 5.97 Å². The van der Waals surface area contributed by atoms with E-state index in [1.165, 1.54) is 0 Å². The average Bonchev–Trinajstić information content (AvgIpc) is 2.19. The van der Waals surface area contributed by atoms with Crippen LogP contribution in [0.1, 0.15) is 18.4 Å². The molecule has 0 amide bonds. The number of thioether (sulfide) groups is 1. The number of hydrogen-bond acceptors (Lipinski definition) is 2. The monoisotopic (exact) mass is 210 g/mol. The fraction of sp³-hybridized carbons (Fsp3) is 0.364. The minimum Gasteiger partial charge on any atom is -0.481 e. The van der Waals surface area contributed by atoms with Gasteiger partial charge in [0.1, 0.15) is 0 Å². The summed E-state index contributed by atoms with van der Waals surface area (Å²) < 4.78 is 0. The van der Waals surface area contributed by atoms with Crippen molar-refractivity contribution in [3.63, 3.8) is 0 Å². The molecule has 3 heteroatoms. The van der Waals surface area contributed by atoms with Crippen LogP contribution < -0.4 is 0 Å². The number of rotatable bonds is 5. The van der Waals surface area contributed by atoms with Gasteiger partial charge in [0.2, 0.25) is 0 Å². The molecule has 0 saturated carbocycles. The van der Waals surface area contributed by atoms with E-state index in [1.807, 2.05) is 37.3 Å². The summed E-state index contributed by atoms with van der Waals surface area (Å²) in [6.07, 6.45) is 0. The van der Waals surface area contributed by atoms with Crippen LogP contribution in [0.3, 0.4) is 0 Å². The maximum absolute atomic E-state index is 11.0. The number of benzene rings is 1. The first-order valence-electron chi connectivity index (χ1n) is 4.61. The first kappa shape index (κ1) is 11.1. The van der Waals surface area contributed by atoms with Crippen LogP contribution in [0.25, 0.3) is 0 Å². The number of carboxylic acids is 1. The van der Waals surface area contributed by atoms with Gasteiger partial charge in [-0.1, -0.05) is 37.3 Å². The molecular formula is C11H14O2S. The Kier molecular flexibility index (Phi) is 4.53. The molecule has 1 unspecified atom stereocenters. The summed E-state index contributed by atoms with van der Waals surface area (Å²) in [7, 11) is 0. The van der Waals surface area contributed by atoms with E-state index in [4.69, 9.17) is 5.11 Å². The van der Waals surface area contributed by atoms with Crippen LogP contribution in [0.5, 0.6) is 0 Å². The van der Waals surface area contributed by atoms with Crippen molar-refractivity contribution in [1.29, 1.82) is 0 Å². The summed E-state index contributed by atoms with van der Waals surface area (Å²) in [5.41, 5.74) is 0.890. The second-order valence-electron chi connectivity index (χ2n) is 2.96. The summed E-state index contributed by atoms with van der Waals surface area (Å²) in [6.45, 7) is 2.04. The van der Waals surface area contributed by atoms with Crippen LogP contribution in [-0.4, -0.2) is 22.6 Å². The van der Waals surface area contributed by atoms with Gasteiger partial charge in [0, 0.05) is 5.75 Å². The lowest BCUT2D eigenvalue weighted by atomic mass is 10.0. The smallest absolute Gasteiger partial charge is 0.311 e. The molecule has 2 nitrogen and oxygen atoms in total. The third-order valence-corrected chi connectivity index (χ3v) is 2.97. The zero-order valence-corrected chi connectivity index (χ0v) is 8.96. The fourth-order valence-electron chi connectivity index (χ4n) is 1.23. The number of carboxylic acid groups (broad SMARTS) is 1. The maximum Gasteiger partial charge on any atom is 0.311 e. The lowest BCUT2D eigenvalue weighted by Gasteiger charge is -2.11. The topological polar surface area (TPSA) is 37.3 Å². The van der Waals surface area contributed by atoms with E-state index in [-0.39, 0.29) is 5.92 Å². The molecule has 0 saturated heterocycles. The SMILES string of the molecule is CCSCC(C(=O)O)c1ccccc1. The molecule has 1 aromatic rings. The van der Waals surface area contributed by atoms with Gasteiger partial charge in [-0.25, -0.2) is 0 Å². The molecule has 1 N–H and O–H groups in total. The minimum absolute atomic E-state index is 0.374. The highest BCUT2D eigenvalue weighted by atomic mass is 32.2. The lowest BCUT2D eigenvalue weighted by molar-refractivity contribution is -0.138. The van der Waals surface area contributed by atoms with Crippen molar-refractivity contribution in [3.8, 4) is 0 Å².